The number of H-pyrrole nitrogens is 1. The normalized spacial score (nSPS) is 10.8. The van der Waals surface area contributed by atoms with Crippen LogP contribution in [0.25, 0.3) is 11.3 Å². The van der Waals surface area contributed by atoms with Crippen molar-refractivity contribution in [2.75, 3.05) is 13.6 Å². The predicted molar refractivity (Wildman–Crippen MR) is 105 cm³/mol. The summed E-state index contributed by atoms with van der Waals surface area (Å²) in [7, 11) is 1.83. The van der Waals surface area contributed by atoms with Crippen LogP contribution in [0.4, 0.5) is 4.39 Å². The fourth-order valence-electron chi connectivity index (χ4n) is 3.15. The second-order valence-electron chi connectivity index (χ2n) is 6.94. The van der Waals surface area contributed by atoms with Crippen molar-refractivity contribution >= 4 is 5.91 Å². The highest BCUT2D eigenvalue weighted by molar-refractivity contribution is 5.95. The molecule has 0 radical (unpaired) electrons. The molecule has 0 atom stereocenters. The molecule has 1 amide bonds. The lowest BCUT2D eigenvalue weighted by molar-refractivity contribution is 0.0793. The van der Waals surface area contributed by atoms with Gasteiger partial charge in [0.25, 0.3) is 5.91 Å². The van der Waals surface area contributed by atoms with Crippen LogP contribution in [0.2, 0.25) is 0 Å². The van der Waals surface area contributed by atoms with E-state index in [1.165, 1.54) is 12.1 Å². The van der Waals surface area contributed by atoms with Crippen molar-refractivity contribution in [2.24, 2.45) is 0 Å². The van der Waals surface area contributed by atoms with E-state index in [1.54, 1.807) is 11.0 Å². The number of amides is 1. The monoisotopic (exact) mass is 365 g/mol. The summed E-state index contributed by atoms with van der Waals surface area (Å²) in [5.74, 6) is -0.235. The van der Waals surface area contributed by atoms with Crippen molar-refractivity contribution in [2.45, 2.75) is 26.7 Å². The quantitative estimate of drug-likeness (QED) is 0.697. The topological polar surface area (TPSA) is 49.0 Å². The number of aryl methyl sites for hydroxylation is 3. The van der Waals surface area contributed by atoms with Gasteiger partial charge in [-0.25, -0.2) is 4.39 Å². The van der Waals surface area contributed by atoms with Crippen LogP contribution in [-0.4, -0.2) is 34.6 Å². The second kappa shape index (κ2) is 8.16. The zero-order chi connectivity index (χ0) is 19.4. The first-order chi connectivity index (χ1) is 12.9. The highest BCUT2D eigenvalue weighted by Crippen LogP contribution is 2.19. The molecule has 0 unspecified atom stereocenters. The van der Waals surface area contributed by atoms with Crippen LogP contribution >= 0.6 is 0 Å². The van der Waals surface area contributed by atoms with E-state index in [2.05, 4.69) is 10.2 Å². The van der Waals surface area contributed by atoms with E-state index in [4.69, 9.17) is 0 Å². The van der Waals surface area contributed by atoms with Gasteiger partial charge >= 0.3 is 0 Å². The minimum absolute atomic E-state index is 0.0394. The first-order valence-corrected chi connectivity index (χ1v) is 9.07. The summed E-state index contributed by atoms with van der Waals surface area (Å²) in [4.78, 5) is 14.4. The van der Waals surface area contributed by atoms with E-state index in [1.807, 2.05) is 51.2 Å². The van der Waals surface area contributed by atoms with Crippen LogP contribution < -0.4 is 0 Å². The van der Waals surface area contributed by atoms with Gasteiger partial charge in [0.15, 0.2) is 0 Å². The van der Waals surface area contributed by atoms with E-state index in [0.717, 1.165) is 46.5 Å². The average Bonchev–Trinajstić information content (AvgIpc) is 3.10. The lowest BCUT2D eigenvalue weighted by Gasteiger charge is -2.18. The molecule has 0 spiro atoms. The average molecular weight is 365 g/mol. The van der Waals surface area contributed by atoms with Crippen LogP contribution in [0.15, 0.2) is 48.5 Å². The van der Waals surface area contributed by atoms with Gasteiger partial charge in [-0.05, 0) is 56.5 Å². The van der Waals surface area contributed by atoms with Gasteiger partial charge in [0.05, 0.1) is 5.69 Å². The lowest BCUT2D eigenvalue weighted by Crippen LogP contribution is -2.28. The second-order valence-corrected chi connectivity index (χ2v) is 6.94. The third kappa shape index (κ3) is 4.61. The first kappa shape index (κ1) is 18.8. The predicted octanol–water partition coefficient (Wildman–Crippen LogP) is 4.54. The van der Waals surface area contributed by atoms with Crippen molar-refractivity contribution in [3.63, 3.8) is 0 Å². The molecule has 0 aliphatic rings. The Bertz CT molecular complexity index is 948. The van der Waals surface area contributed by atoms with Gasteiger partial charge in [0.2, 0.25) is 0 Å². The third-order valence-corrected chi connectivity index (χ3v) is 4.65. The number of aromatic nitrogens is 2. The number of halogens is 1. The summed E-state index contributed by atoms with van der Waals surface area (Å²) in [5.41, 5.74) is 5.35. The summed E-state index contributed by atoms with van der Waals surface area (Å²) in [6.45, 7) is 4.64. The molecule has 0 saturated heterocycles. The summed E-state index contributed by atoms with van der Waals surface area (Å²) in [6, 6.07) is 14.2. The molecule has 0 fully saturated rings. The molecule has 0 aliphatic carbocycles. The number of nitrogens with zero attached hydrogens (tertiary/aromatic N) is 2. The van der Waals surface area contributed by atoms with Crippen LogP contribution in [0, 0.1) is 19.7 Å². The van der Waals surface area contributed by atoms with Gasteiger partial charge in [-0.2, -0.15) is 5.10 Å². The maximum absolute atomic E-state index is 13.3. The third-order valence-electron chi connectivity index (χ3n) is 4.65. The highest BCUT2D eigenvalue weighted by Gasteiger charge is 2.14. The van der Waals surface area contributed by atoms with Gasteiger partial charge in [0.1, 0.15) is 5.82 Å². The number of hydrogen-bond acceptors (Lipinski definition) is 2. The number of aromatic amines is 1. The zero-order valence-electron chi connectivity index (χ0n) is 15.9. The summed E-state index contributed by atoms with van der Waals surface area (Å²) >= 11 is 0. The Morgan fingerprint density at radius 1 is 1.15 bits per heavy atom. The van der Waals surface area contributed by atoms with E-state index in [0.29, 0.717) is 6.54 Å². The van der Waals surface area contributed by atoms with E-state index >= 15 is 0 Å². The highest BCUT2D eigenvalue weighted by atomic mass is 19.1. The molecule has 2 aromatic carbocycles. The molecule has 4 nitrogen and oxygen atoms in total. The zero-order valence-corrected chi connectivity index (χ0v) is 15.9. The number of carbonyl (C=O) groups excluding carboxylic acids is 1. The molecule has 5 heteroatoms. The number of benzene rings is 2. The van der Waals surface area contributed by atoms with Gasteiger partial charge in [0, 0.05) is 30.4 Å². The summed E-state index contributed by atoms with van der Waals surface area (Å²) < 4.78 is 13.3. The Morgan fingerprint density at radius 2 is 1.96 bits per heavy atom. The number of hydrogen-bond donors (Lipinski definition) is 1. The molecule has 0 bridgehead atoms. The minimum Gasteiger partial charge on any atom is -0.342 e. The molecule has 3 aromatic rings. The Labute approximate surface area is 159 Å². The largest absolute Gasteiger partial charge is 0.342 e. The molecular weight excluding hydrogens is 341 g/mol. The van der Waals surface area contributed by atoms with Crippen molar-refractivity contribution in [3.8, 4) is 11.3 Å². The van der Waals surface area contributed by atoms with E-state index < -0.39 is 0 Å². The Balaban J connectivity index is 1.56. The molecule has 0 saturated carbocycles. The maximum Gasteiger partial charge on any atom is 0.253 e. The number of nitrogens with one attached hydrogen (secondary N) is 1. The van der Waals surface area contributed by atoms with Crippen molar-refractivity contribution < 1.29 is 9.18 Å². The van der Waals surface area contributed by atoms with Crippen molar-refractivity contribution in [1.82, 2.24) is 15.1 Å². The molecular formula is C22H24FN3O. The SMILES string of the molecule is Cc1ccc(C(=O)N(C)CCCc2cc(-c3cccc(F)c3)n[nH]2)c(C)c1. The van der Waals surface area contributed by atoms with Gasteiger partial charge in [-0.15, -0.1) is 0 Å². The summed E-state index contributed by atoms with van der Waals surface area (Å²) in [6.07, 6.45) is 1.59. The molecule has 1 aromatic heterocycles. The maximum atomic E-state index is 13.3. The van der Waals surface area contributed by atoms with Gasteiger partial charge < -0.3 is 4.90 Å². The Hall–Kier alpha value is -2.95. The van der Waals surface area contributed by atoms with E-state index in [-0.39, 0.29) is 11.7 Å². The van der Waals surface area contributed by atoms with E-state index in [9.17, 15) is 9.18 Å². The smallest absolute Gasteiger partial charge is 0.253 e. The molecule has 1 N–H and O–H groups in total. The molecule has 3 rings (SSSR count). The Morgan fingerprint density at radius 3 is 2.70 bits per heavy atom. The number of carbonyl (C=O) groups is 1. The van der Waals surface area contributed by atoms with Crippen LogP contribution in [0.5, 0.6) is 0 Å². The van der Waals surface area contributed by atoms with Crippen LogP contribution in [0.3, 0.4) is 0 Å². The van der Waals surface area contributed by atoms with Crippen LogP contribution in [-0.2, 0) is 6.42 Å². The summed E-state index contributed by atoms with van der Waals surface area (Å²) in [5, 5.41) is 7.25. The molecule has 27 heavy (non-hydrogen) atoms. The minimum atomic E-state index is -0.274. The van der Waals surface area contributed by atoms with Gasteiger partial charge in [-0.1, -0.05) is 29.8 Å². The molecule has 140 valence electrons. The molecule has 0 aliphatic heterocycles. The van der Waals surface area contributed by atoms with Gasteiger partial charge in [-0.3, -0.25) is 9.89 Å². The first-order valence-electron chi connectivity index (χ1n) is 9.07. The van der Waals surface area contributed by atoms with Crippen molar-refractivity contribution in [1.29, 1.82) is 0 Å². The Kier molecular flexibility index (Phi) is 5.69. The van der Waals surface area contributed by atoms with Crippen LogP contribution in [0.1, 0.15) is 33.6 Å². The fourth-order valence-corrected chi connectivity index (χ4v) is 3.15. The molecule has 1 heterocycles. The number of rotatable bonds is 6. The standard InChI is InChI=1S/C22H24FN3O/c1-15-9-10-20(16(2)12-15)22(27)26(3)11-5-8-19-14-21(25-24-19)17-6-4-7-18(23)13-17/h4,6-7,9-10,12-14H,5,8,11H2,1-3H3,(H,24,25). The van der Waals surface area contributed by atoms with Crippen molar-refractivity contribution in [3.05, 3.63) is 76.7 Å². The lowest BCUT2D eigenvalue weighted by atomic mass is 10.0. The fraction of sp³-hybridized carbons (Fsp3) is 0.273.